The van der Waals surface area contributed by atoms with Gasteiger partial charge in [-0.3, -0.25) is 10.2 Å². The van der Waals surface area contributed by atoms with Crippen LogP contribution in [0.15, 0.2) is 36.4 Å². The van der Waals surface area contributed by atoms with Gasteiger partial charge in [-0.05, 0) is 50.8 Å². The second-order valence-corrected chi connectivity index (χ2v) is 7.75. The Bertz CT molecular complexity index is 862. The summed E-state index contributed by atoms with van der Waals surface area (Å²) >= 11 is 0. The van der Waals surface area contributed by atoms with Crippen molar-refractivity contribution in [1.29, 1.82) is 0 Å². The van der Waals surface area contributed by atoms with Gasteiger partial charge in [-0.15, -0.1) is 0 Å². The molecule has 4 nitrogen and oxygen atoms in total. The number of alkyl halides is 3. The van der Waals surface area contributed by atoms with Gasteiger partial charge >= 0.3 is 6.18 Å². The number of fused-ring (bicyclic) bond motifs is 1. The van der Waals surface area contributed by atoms with Gasteiger partial charge in [-0.1, -0.05) is 24.3 Å². The van der Waals surface area contributed by atoms with Crippen molar-refractivity contribution in [3.63, 3.8) is 0 Å². The van der Waals surface area contributed by atoms with E-state index in [9.17, 15) is 18.0 Å². The fraction of sp³-hybridized carbons (Fsp3) is 0.450. The summed E-state index contributed by atoms with van der Waals surface area (Å²) in [6, 6.07) is 8.14. The maximum atomic E-state index is 14.1. The van der Waals surface area contributed by atoms with Crippen LogP contribution in [-0.2, 0) is 4.79 Å². The number of benzene rings is 2. The van der Waals surface area contributed by atoms with Gasteiger partial charge in [0.1, 0.15) is 5.75 Å². The molecule has 0 saturated carbocycles. The Hall–Kier alpha value is -2.28. The molecule has 1 aliphatic rings. The van der Waals surface area contributed by atoms with Crippen LogP contribution in [0.3, 0.4) is 0 Å². The Kier molecular flexibility index (Phi) is 4.84. The molecule has 1 N–H and O–H groups in total. The molecule has 0 aliphatic carbocycles. The number of nitrogens with one attached hydrogen (secondary N) is 1. The van der Waals surface area contributed by atoms with Gasteiger partial charge in [0, 0.05) is 17.3 Å². The zero-order chi connectivity index (χ0) is 20.0. The molecule has 0 aromatic heterocycles. The number of halogens is 3. The summed E-state index contributed by atoms with van der Waals surface area (Å²) < 4.78 is 48.1. The molecule has 1 heterocycles. The molecule has 3 rings (SSSR count). The molecule has 0 bridgehead atoms. The number of nitrogens with zero attached hydrogens (tertiary/aromatic N) is 1. The molecular weight excluding hydrogens is 357 g/mol. The lowest BCUT2D eigenvalue weighted by atomic mass is 9.95. The zero-order valence-electron chi connectivity index (χ0n) is 15.7. The summed E-state index contributed by atoms with van der Waals surface area (Å²) in [5, 5.41) is 2.42. The molecular formula is C20H23F3N2O2. The van der Waals surface area contributed by atoms with Crippen LogP contribution in [0.5, 0.6) is 5.75 Å². The quantitative estimate of drug-likeness (QED) is 0.833. The van der Waals surface area contributed by atoms with Gasteiger partial charge in [0.2, 0.25) is 5.91 Å². The fourth-order valence-electron chi connectivity index (χ4n) is 3.51. The van der Waals surface area contributed by atoms with Crippen LogP contribution in [0, 0.1) is 0 Å². The number of rotatable bonds is 4. The third kappa shape index (κ3) is 3.88. The van der Waals surface area contributed by atoms with Crippen molar-refractivity contribution in [3.05, 3.63) is 42.0 Å². The van der Waals surface area contributed by atoms with Gasteiger partial charge in [0.15, 0.2) is 6.04 Å². The molecule has 1 aliphatic heterocycles. The van der Waals surface area contributed by atoms with Crippen LogP contribution < -0.4 is 10.2 Å². The van der Waals surface area contributed by atoms with Crippen molar-refractivity contribution >= 4 is 16.7 Å². The van der Waals surface area contributed by atoms with Crippen LogP contribution in [-0.4, -0.2) is 28.7 Å². The van der Waals surface area contributed by atoms with Crippen molar-refractivity contribution in [2.24, 2.45) is 0 Å². The summed E-state index contributed by atoms with van der Waals surface area (Å²) in [7, 11) is 0. The average molecular weight is 380 g/mol. The predicted molar refractivity (Wildman–Crippen MR) is 97.2 cm³/mol. The minimum atomic E-state index is -4.58. The van der Waals surface area contributed by atoms with E-state index in [2.05, 4.69) is 5.43 Å². The van der Waals surface area contributed by atoms with Crippen LogP contribution in [0.1, 0.15) is 45.7 Å². The first-order valence-corrected chi connectivity index (χ1v) is 8.84. The van der Waals surface area contributed by atoms with Gasteiger partial charge in [0.25, 0.3) is 0 Å². The first-order chi connectivity index (χ1) is 12.5. The predicted octanol–water partition coefficient (Wildman–Crippen LogP) is 4.75. The van der Waals surface area contributed by atoms with Crippen LogP contribution in [0.25, 0.3) is 10.8 Å². The molecule has 27 heavy (non-hydrogen) atoms. The van der Waals surface area contributed by atoms with Gasteiger partial charge in [-0.25, -0.2) is 0 Å². The molecule has 0 radical (unpaired) electrons. The van der Waals surface area contributed by atoms with Crippen LogP contribution in [0.2, 0.25) is 0 Å². The molecule has 2 aromatic carbocycles. The average Bonchev–Trinajstić information content (AvgIpc) is 2.78. The normalized spacial score (nSPS) is 18.7. The smallest absolute Gasteiger partial charge is 0.409 e. The van der Waals surface area contributed by atoms with Crippen molar-refractivity contribution in [2.75, 3.05) is 0 Å². The van der Waals surface area contributed by atoms with Crippen molar-refractivity contribution in [3.8, 4) is 5.75 Å². The van der Waals surface area contributed by atoms with Gasteiger partial charge in [0.05, 0.1) is 6.10 Å². The highest BCUT2D eigenvalue weighted by Crippen LogP contribution is 2.44. The Balaban J connectivity index is 2.18. The highest BCUT2D eigenvalue weighted by molar-refractivity contribution is 5.89. The molecule has 0 unspecified atom stereocenters. The SMILES string of the molecule is CC(C)Oc1cc([C@H](N2NC(=O)CC2(C)C)C(F)(F)F)cc2ccccc12. The summed E-state index contributed by atoms with van der Waals surface area (Å²) in [6.45, 7) is 6.89. The lowest BCUT2D eigenvalue weighted by molar-refractivity contribution is -0.203. The van der Waals surface area contributed by atoms with E-state index in [4.69, 9.17) is 4.74 Å². The van der Waals surface area contributed by atoms with E-state index in [1.165, 1.54) is 12.1 Å². The molecule has 146 valence electrons. The molecule has 1 fully saturated rings. The van der Waals surface area contributed by atoms with Crippen LogP contribution >= 0.6 is 0 Å². The van der Waals surface area contributed by atoms with E-state index in [-0.39, 0.29) is 18.1 Å². The molecule has 7 heteroatoms. The first kappa shape index (κ1) is 19.5. The number of ether oxygens (including phenoxy) is 1. The molecule has 1 atom stereocenters. The highest BCUT2D eigenvalue weighted by atomic mass is 19.4. The second-order valence-electron chi connectivity index (χ2n) is 7.75. The largest absolute Gasteiger partial charge is 0.490 e. The summed E-state index contributed by atoms with van der Waals surface area (Å²) in [4.78, 5) is 11.8. The van der Waals surface area contributed by atoms with E-state index >= 15 is 0 Å². The van der Waals surface area contributed by atoms with E-state index in [1.54, 1.807) is 26.0 Å². The van der Waals surface area contributed by atoms with Gasteiger partial charge < -0.3 is 4.74 Å². The number of carbonyl (C=O) groups is 1. The third-order valence-electron chi connectivity index (χ3n) is 4.58. The fourth-order valence-corrected chi connectivity index (χ4v) is 3.51. The summed E-state index contributed by atoms with van der Waals surface area (Å²) in [5.74, 6) is -0.0237. The Morgan fingerprint density at radius 2 is 1.85 bits per heavy atom. The Morgan fingerprint density at radius 1 is 1.19 bits per heavy atom. The second kappa shape index (κ2) is 6.71. The molecule has 0 spiro atoms. The van der Waals surface area contributed by atoms with Gasteiger partial charge in [-0.2, -0.15) is 18.2 Å². The molecule has 1 amide bonds. The van der Waals surface area contributed by atoms with E-state index < -0.39 is 23.7 Å². The maximum Gasteiger partial charge on any atom is 0.409 e. The number of carbonyl (C=O) groups excluding carboxylic acids is 1. The monoisotopic (exact) mass is 380 g/mol. The zero-order valence-corrected chi connectivity index (χ0v) is 15.7. The molecule has 2 aromatic rings. The third-order valence-corrected chi connectivity index (χ3v) is 4.58. The van der Waals surface area contributed by atoms with Crippen molar-refractivity contribution in [2.45, 2.75) is 58.0 Å². The first-order valence-electron chi connectivity index (χ1n) is 8.84. The van der Waals surface area contributed by atoms with Crippen molar-refractivity contribution in [1.82, 2.24) is 10.4 Å². The summed E-state index contributed by atoms with van der Waals surface area (Å²) in [6.07, 6.45) is -4.76. The highest BCUT2D eigenvalue weighted by Gasteiger charge is 2.53. The number of hydrazine groups is 1. The van der Waals surface area contributed by atoms with E-state index in [0.29, 0.717) is 11.1 Å². The standard InChI is InChI=1S/C20H23F3N2O2/c1-12(2)27-16-10-14(9-13-7-5-6-8-15(13)16)18(20(21,22)23)25-19(3,4)11-17(26)24-25/h5-10,12,18H,11H2,1-4H3,(H,24,26)/t18-/m0/s1. The molecule has 1 saturated heterocycles. The minimum Gasteiger partial charge on any atom is -0.490 e. The summed E-state index contributed by atoms with van der Waals surface area (Å²) in [5.41, 5.74) is 1.46. The van der Waals surface area contributed by atoms with Crippen molar-refractivity contribution < 1.29 is 22.7 Å². The number of amides is 1. The minimum absolute atomic E-state index is 0.00249. The maximum absolute atomic E-state index is 14.1. The number of hydrogen-bond donors (Lipinski definition) is 1. The lowest BCUT2D eigenvalue weighted by Gasteiger charge is -2.38. The lowest BCUT2D eigenvalue weighted by Crippen LogP contribution is -2.51. The number of hydrogen-bond acceptors (Lipinski definition) is 3. The topological polar surface area (TPSA) is 41.6 Å². The Morgan fingerprint density at radius 3 is 2.41 bits per heavy atom. The Labute approximate surface area is 156 Å². The van der Waals surface area contributed by atoms with E-state index in [0.717, 1.165) is 10.4 Å². The van der Waals surface area contributed by atoms with E-state index in [1.807, 2.05) is 26.0 Å². The van der Waals surface area contributed by atoms with Crippen LogP contribution in [0.4, 0.5) is 13.2 Å².